The first kappa shape index (κ1) is 22.4. The molecule has 0 spiro atoms. The number of hydrogen-bond donors (Lipinski definition) is 0. The van der Waals surface area contributed by atoms with Crippen LogP contribution in [0, 0.1) is 5.92 Å². The zero-order valence-electron chi connectivity index (χ0n) is 17.0. The van der Waals surface area contributed by atoms with Crippen molar-refractivity contribution in [2.24, 2.45) is 5.92 Å². The summed E-state index contributed by atoms with van der Waals surface area (Å²) in [5.74, 6) is -0.743. The smallest absolute Gasteiger partial charge is 0.286 e. The number of hydrogen-bond acceptors (Lipinski definition) is 5. The summed E-state index contributed by atoms with van der Waals surface area (Å²) in [6.07, 6.45) is 10.8. The second-order valence-electron chi connectivity index (χ2n) is 6.99. The summed E-state index contributed by atoms with van der Waals surface area (Å²) in [6.45, 7) is 11.2. The van der Waals surface area contributed by atoms with E-state index in [9.17, 15) is 0 Å². The minimum Gasteiger partial charge on any atom is -0.375 e. The van der Waals surface area contributed by atoms with E-state index in [2.05, 4.69) is 23.3 Å². The van der Waals surface area contributed by atoms with Crippen LogP contribution in [0.3, 0.4) is 0 Å². The van der Waals surface area contributed by atoms with Gasteiger partial charge in [0.05, 0.1) is 5.92 Å². The molecule has 25 heavy (non-hydrogen) atoms. The molecule has 5 heteroatoms. The fraction of sp³-hybridized carbons (Fsp3) is 0.900. The number of methoxy groups -OCH3 is 3. The molecule has 1 aliphatic rings. The molecule has 0 amide bonds. The molecular formula is C20H40N2O3. The highest BCUT2D eigenvalue weighted by Crippen LogP contribution is 2.30. The maximum Gasteiger partial charge on any atom is 0.286 e. The highest BCUT2D eigenvalue weighted by Gasteiger charge is 2.40. The van der Waals surface area contributed by atoms with E-state index in [-0.39, 0.29) is 5.92 Å². The first-order chi connectivity index (χ1) is 12.2. The Labute approximate surface area is 155 Å². The standard InChI is InChI=1S/C20H40N2O3/c1-6-8-9-10-11-12-13-19(20(23-3,24-4)25-5)18-22-16-14-21(7-2)15-17-22/h7,19H,2,6,8-18H2,1,3-5H3. The van der Waals surface area contributed by atoms with Crippen molar-refractivity contribution >= 4 is 0 Å². The molecule has 1 fully saturated rings. The zero-order chi connectivity index (χ0) is 18.5. The third-order valence-electron chi connectivity index (χ3n) is 5.40. The van der Waals surface area contributed by atoms with E-state index in [0.717, 1.165) is 39.1 Å². The molecule has 0 aromatic rings. The lowest BCUT2D eigenvalue weighted by molar-refractivity contribution is -0.380. The van der Waals surface area contributed by atoms with Gasteiger partial charge in [-0.3, -0.25) is 4.90 Å². The molecular weight excluding hydrogens is 316 g/mol. The van der Waals surface area contributed by atoms with E-state index in [0.29, 0.717) is 0 Å². The molecule has 0 bridgehead atoms. The highest BCUT2D eigenvalue weighted by molar-refractivity contribution is 4.82. The summed E-state index contributed by atoms with van der Waals surface area (Å²) in [5, 5.41) is 0. The van der Waals surface area contributed by atoms with Crippen molar-refractivity contribution < 1.29 is 14.2 Å². The summed E-state index contributed by atoms with van der Waals surface area (Å²) in [7, 11) is 5.03. The number of rotatable bonds is 14. The van der Waals surface area contributed by atoms with E-state index in [1.165, 1.54) is 38.5 Å². The predicted molar refractivity (Wildman–Crippen MR) is 103 cm³/mol. The normalized spacial score (nSPS) is 17.7. The van der Waals surface area contributed by atoms with Gasteiger partial charge in [-0.2, -0.15) is 0 Å². The van der Waals surface area contributed by atoms with Gasteiger partial charge in [-0.15, -0.1) is 0 Å². The third kappa shape index (κ3) is 7.26. The summed E-state index contributed by atoms with van der Waals surface area (Å²) >= 11 is 0. The second-order valence-corrected chi connectivity index (χ2v) is 6.99. The lowest BCUT2D eigenvalue weighted by Gasteiger charge is -2.41. The molecule has 148 valence electrons. The molecule has 1 aliphatic heterocycles. The third-order valence-corrected chi connectivity index (χ3v) is 5.40. The van der Waals surface area contributed by atoms with Crippen molar-refractivity contribution in [1.29, 1.82) is 0 Å². The molecule has 1 atom stereocenters. The molecule has 1 heterocycles. The second kappa shape index (κ2) is 12.7. The van der Waals surface area contributed by atoms with Gasteiger partial charge in [-0.25, -0.2) is 0 Å². The average molecular weight is 357 g/mol. The van der Waals surface area contributed by atoms with Crippen molar-refractivity contribution in [3.8, 4) is 0 Å². The monoisotopic (exact) mass is 356 g/mol. The first-order valence-corrected chi connectivity index (χ1v) is 9.90. The fourth-order valence-electron chi connectivity index (χ4n) is 3.74. The lowest BCUT2D eigenvalue weighted by atomic mass is 9.96. The summed E-state index contributed by atoms with van der Waals surface area (Å²) in [6, 6.07) is 0. The Balaban J connectivity index is 2.57. The van der Waals surface area contributed by atoms with Crippen molar-refractivity contribution in [2.45, 2.75) is 57.8 Å². The van der Waals surface area contributed by atoms with Gasteiger partial charge in [0.25, 0.3) is 5.97 Å². The van der Waals surface area contributed by atoms with Gasteiger partial charge < -0.3 is 19.1 Å². The number of ether oxygens (including phenoxy) is 3. The summed E-state index contributed by atoms with van der Waals surface area (Å²) in [5.41, 5.74) is 0. The van der Waals surface area contributed by atoms with Gasteiger partial charge in [0.1, 0.15) is 0 Å². The zero-order valence-corrected chi connectivity index (χ0v) is 17.0. The largest absolute Gasteiger partial charge is 0.375 e. The Kier molecular flexibility index (Phi) is 11.4. The van der Waals surface area contributed by atoms with Crippen molar-refractivity contribution in [3.63, 3.8) is 0 Å². The van der Waals surface area contributed by atoms with Crippen LogP contribution in [0.15, 0.2) is 12.8 Å². The minimum absolute atomic E-state index is 0.203. The van der Waals surface area contributed by atoms with Gasteiger partial charge >= 0.3 is 0 Å². The van der Waals surface area contributed by atoms with E-state index >= 15 is 0 Å². The van der Waals surface area contributed by atoms with Crippen LogP contribution in [-0.4, -0.2) is 69.8 Å². The highest BCUT2D eigenvalue weighted by atomic mass is 16.9. The summed E-state index contributed by atoms with van der Waals surface area (Å²) < 4.78 is 17.0. The molecule has 0 aliphatic carbocycles. The molecule has 5 nitrogen and oxygen atoms in total. The van der Waals surface area contributed by atoms with Crippen LogP contribution >= 0.6 is 0 Å². The molecule has 0 aromatic carbocycles. The Morgan fingerprint density at radius 1 is 0.920 bits per heavy atom. The Morgan fingerprint density at radius 3 is 2.00 bits per heavy atom. The predicted octanol–water partition coefficient (Wildman–Crippen LogP) is 3.71. The van der Waals surface area contributed by atoms with Crippen LogP contribution in [0.1, 0.15) is 51.9 Å². The lowest BCUT2D eigenvalue weighted by Crippen LogP contribution is -2.52. The molecule has 1 unspecified atom stereocenters. The molecule has 0 radical (unpaired) electrons. The van der Waals surface area contributed by atoms with Crippen LogP contribution in [-0.2, 0) is 14.2 Å². The van der Waals surface area contributed by atoms with Crippen LogP contribution < -0.4 is 0 Å². The molecule has 1 rings (SSSR count). The SMILES string of the molecule is C=CN1CCN(CC(CCCCCCCC)C(OC)(OC)OC)CC1. The van der Waals surface area contributed by atoms with E-state index in [1.807, 2.05) is 6.20 Å². The van der Waals surface area contributed by atoms with Gasteiger partial charge in [-0.05, 0) is 12.6 Å². The van der Waals surface area contributed by atoms with E-state index in [1.54, 1.807) is 21.3 Å². The van der Waals surface area contributed by atoms with Gasteiger partial charge in [0.2, 0.25) is 0 Å². The molecule has 1 saturated heterocycles. The quantitative estimate of drug-likeness (QED) is 0.350. The van der Waals surface area contributed by atoms with Crippen LogP contribution in [0.4, 0.5) is 0 Å². The number of unbranched alkanes of at least 4 members (excludes halogenated alkanes) is 5. The molecule has 0 saturated carbocycles. The average Bonchev–Trinajstić information content (AvgIpc) is 2.66. The van der Waals surface area contributed by atoms with Crippen LogP contribution in [0.2, 0.25) is 0 Å². The van der Waals surface area contributed by atoms with Crippen molar-refractivity contribution in [2.75, 3.05) is 54.1 Å². The molecule has 0 aromatic heterocycles. The van der Waals surface area contributed by atoms with E-state index in [4.69, 9.17) is 14.2 Å². The van der Waals surface area contributed by atoms with Gasteiger partial charge in [-0.1, -0.05) is 52.0 Å². The van der Waals surface area contributed by atoms with Crippen molar-refractivity contribution in [3.05, 3.63) is 12.8 Å². The maximum atomic E-state index is 5.68. The molecule has 0 N–H and O–H groups in total. The Hall–Kier alpha value is -0.620. The Morgan fingerprint density at radius 2 is 1.48 bits per heavy atom. The van der Waals surface area contributed by atoms with Crippen LogP contribution in [0.25, 0.3) is 0 Å². The fourth-order valence-corrected chi connectivity index (χ4v) is 3.74. The Bertz CT molecular complexity index is 332. The minimum atomic E-state index is -0.945. The maximum absolute atomic E-state index is 5.68. The van der Waals surface area contributed by atoms with E-state index < -0.39 is 5.97 Å². The number of piperazine rings is 1. The topological polar surface area (TPSA) is 34.2 Å². The van der Waals surface area contributed by atoms with Gasteiger partial charge in [0, 0.05) is 54.1 Å². The van der Waals surface area contributed by atoms with Crippen LogP contribution in [0.5, 0.6) is 0 Å². The van der Waals surface area contributed by atoms with Crippen molar-refractivity contribution in [1.82, 2.24) is 9.80 Å². The summed E-state index contributed by atoms with van der Waals surface area (Å²) in [4.78, 5) is 4.77. The first-order valence-electron chi connectivity index (χ1n) is 9.90. The van der Waals surface area contributed by atoms with Gasteiger partial charge in [0.15, 0.2) is 0 Å². The number of nitrogens with zero attached hydrogens (tertiary/aromatic N) is 2.